The molecule has 0 aromatic carbocycles. The van der Waals surface area contributed by atoms with Crippen LogP contribution in [0.25, 0.3) is 0 Å². The van der Waals surface area contributed by atoms with E-state index in [9.17, 15) is 0 Å². The Morgan fingerprint density at radius 1 is 0.914 bits per heavy atom. The molecule has 1 N–H and O–H groups in total. The standard InChI is InChI=1S/C34H57N/c1-6-9-20-29-24(4)25(5)32(29)33(28-18-13-19-28)31(34(7-2,8-3)21-22-35)23-30(27-16-12-17-27)26-14-10-11-15-26/h22,24-26,29,31-32,35H,6-21,23H2,1-5H3. The summed E-state index contributed by atoms with van der Waals surface area (Å²) in [5.74, 6) is 4.97. The van der Waals surface area contributed by atoms with Gasteiger partial charge in [0.2, 0.25) is 0 Å². The van der Waals surface area contributed by atoms with Crippen LogP contribution in [0, 0.1) is 46.3 Å². The molecule has 0 aromatic rings. The maximum absolute atomic E-state index is 8.26. The van der Waals surface area contributed by atoms with Crippen molar-refractivity contribution in [1.29, 1.82) is 5.41 Å². The fourth-order valence-corrected chi connectivity index (χ4v) is 8.84. The van der Waals surface area contributed by atoms with Crippen LogP contribution in [-0.2, 0) is 0 Å². The summed E-state index contributed by atoms with van der Waals surface area (Å²) < 4.78 is 0. The summed E-state index contributed by atoms with van der Waals surface area (Å²) in [7, 11) is 0. The average Bonchev–Trinajstić information content (AvgIpc) is 3.34. The second kappa shape index (κ2) is 12.1. The summed E-state index contributed by atoms with van der Waals surface area (Å²) in [6.45, 7) is 12.4. The smallest absolute Gasteiger partial charge is 0.00420 e. The lowest BCUT2D eigenvalue weighted by atomic mass is 9.48. The van der Waals surface area contributed by atoms with Crippen LogP contribution in [-0.4, -0.2) is 6.21 Å². The van der Waals surface area contributed by atoms with Gasteiger partial charge in [0.15, 0.2) is 0 Å². The molecule has 4 fully saturated rings. The molecule has 5 unspecified atom stereocenters. The van der Waals surface area contributed by atoms with Crippen LogP contribution in [0.1, 0.15) is 144 Å². The highest BCUT2D eigenvalue weighted by atomic mass is 14.6. The summed E-state index contributed by atoms with van der Waals surface area (Å²) in [6.07, 6.45) is 24.9. The zero-order valence-electron chi connectivity index (χ0n) is 24.1. The number of allylic oxidation sites excluding steroid dienone is 4. The summed E-state index contributed by atoms with van der Waals surface area (Å²) >= 11 is 0. The van der Waals surface area contributed by atoms with E-state index in [0.29, 0.717) is 5.92 Å². The first-order chi connectivity index (χ1) is 17.0. The lowest BCUT2D eigenvalue weighted by molar-refractivity contribution is 0.00125. The fraction of sp³-hybridized carbons (Fsp3) is 0.853. The third kappa shape index (κ3) is 5.27. The third-order valence-corrected chi connectivity index (χ3v) is 11.9. The van der Waals surface area contributed by atoms with E-state index in [1.165, 1.54) is 103 Å². The molecule has 4 saturated carbocycles. The van der Waals surface area contributed by atoms with Gasteiger partial charge in [-0.05, 0) is 131 Å². The maximum atomic E-state index is 8.26. The predicted octanol–water partition coefficient (Wildman–Crippen LogP) is 10.7. The van der Waals surface area contributed by atoms with Crippen molar-refractivity contribution in [2.24, 2.45) is 40.9 Å². The molecule has 0 bridgehead atoms. The van der Waals surface area contributed by atoms with E-state index < -0.39 is 0 Å². The van der Waals surface area contributed by atoms with Gasteiger partial charge in [0.05, 0.1) is 0 Å². The molecule has 4 aliphatic carbocycles. The van der Waals surface area contributed by atoms with Crippen molar-refractivity contribution in [2.45, 2.75) is 144 Å². The molecule has 4 aliphatic rings. The first-order valence-electron chi connectivity index (χ1n) is 15.9. The zero-order chi connectivity index (χ0) is 25.0. The van der Waals surface area contributed by atoms with Crippen LogP contribution in [0.2, 0.25) is 0 Å². The molecule has 5 atom stereocenters. The van der Waals surface area contributed by atoms with Gasteiger partial charge in [-0.25, -0.2) is 0 Å². The van der Waals surface area contributed by atoms with Gasteiger partial charge in [0.1, 0.15) is 0 Å². The Kier molecular flexibility index (Phi) is 9.42. The molecule has 198 valence electrons. The molecule has 0 aromatic heterocycles. The van der Waals surface area contributed by atoms with Gasteiger partial charge in [-0.1, -0.05) is 82.6 Å². The largest absolute Gasteiger partial charge is 0.313 e. The average molecular weight is 480 g/mol. The summed E-state index contributed by atoms with van der Waals surface area (Å²) in [5, 5.41) is 8.26. The highest BCUT2D eigenvalue weighted by molar-refractivity contribution is 5.55. The highest BCUT2D eigenvalue weighted by Crippen LogP contribution is 2.60. The molecule has 1 heteroatoms. The first kappa shape index (κ1) is 27.2. The highest BCUT2D eigenvalue weighted by Gasteiger charge is 2.51. The van der Waals surface area contributed by atoms with Gasteiger partial charge in [0, 0.05) is 0 Å². The van der Waals surface area contributed by atoms with Crippen molar-refractivity contribution in [3.05, 3.63) is 22.3 Å². The van der Waals surface area contributed by atoms with Crippen molar-refractivity contribution >= 4 is 6.21 Å². The lowest BCUT2D eigenvalue weighted by Gasteiger charge is -2.56. The van der Waals surface area contributed by atoms with Crippen LogP contribution < -0.4 is 0 Å². The van der Waals surface area contributed by atoms with E-state index in [2.05, 4.69) is 34.6 Å². The van der Waals surface area contributed by atoms with Gasteiger partial charge in [0.25, 0.3) is 0 Å². The molecule has 0 saturated heterocycles. The number of hydrogen-bond acceptors (Lipinski definition) is 1. The van der Waals surface area contributed by atoms with Gasteiger partial charge < -0.3 is 5.41 Å². The van der Waals surface area contributed by atoms with Crippen LogP contribution in [0.4, 0.5) is 0 Å². The Morgan fingerprint density at radius 2 is 1.54 bits per heavy atom. The first-order valence-corrected chi connectivity index (χ1v) is 15.9. The lowest BCUT2D eigenvalue weighted by Crippen LogP contribution is -2.49. The topological polar surface area (TPSA) is 23.9 Å². The van der Waals surface area contributed by atoms with E-state index in [0.717, 1.165) is 36.0 Å². The Balaban J connectivity index is 1.78. The van der Waals surface area contributed by atoms with Gasteiger partial charge in [-0.2, -0.15) is 0 Å². The monoisotopic (exact) mass is 479 g/mol. The number of rotatable bonds is 13. The molecule has 0 spiro atoms. The van der Waals surface area contributed by atoms with E-state index >= 15 is 0 Å². The van der Waals surface area contributed by atoms with E-state index in [4.69, 9.17) is 5.41 Å². The van der Waals surface area contributed by atoms with Gasteiger partial charge in [-0.15, -0.1) is 0 Å². The van der Waals surface area contributed by atoms with Crippen molar-refractivity contribution in [2.75, 3.05) is 0 Å². The Bertz CT molecular complexity index is 762. The Hall–Kier alpha value is -0.850. The van der Waals surface area contributed by atoms with Gasteiger partial charge in [-0.3, -0.25) is 0 Å². The van der Waals surface area contributed by atoms with Crippen molar-refractivity contribution < 1.29 is 0 Å². The summed E-state index contributed by atoms with van der Waals surface area (Å²) in [4.78, 5) is 0. The molecular formula is C34H57N. The third-order valence-electron chi connectivity index (χ3n) is 11.9. The minimum atomic E-state index is 0.266. The SMILES string of the molecule is CCCCC1C(C)C(C)C1C(=C1CCC1)C(CC(=C1CCC1)C1CCCC1)C(CC)(CC)CC=N. The quantitative estimate of drug-likeness (QED) is 0.200. The van der Waals surface area contributed by atoms with Crippen molar-refractivity contribution in [1.82, 2.24) is 0 Å². The molecular weight excluding hydrogens is 422 g/mol. The molecule has 4 rings (SSSR count). The summed E-state index contributed by atoms with van der Waals surface area (Å²) in [5.41, 5.74) is 7.90. The van der Waals surface area contributed by atoms with Crippen LogP contribution in [0.5, 0.6) is 0 Å². The number of unbranched alkanes of at least 4 members (excludes halogenated alkanes) is 1. The second-order valence-corrected chi connectivity index (χ2v) is 13.2. The maximum Gasteiger partial charge on any atom is -0.00420 e. The van der Waals surface area contributed by atoms with E-state index in [1.54, 1.807) is 6.21 Å². The normalized spacial score (nSPS) is 29.9. The number of hydrogen-bond donors (Lipinski definition) is 1. The minimum absolute atomic E-state index is 0.266. The minimum Gasteiger partial charge on any atom is -0.313 e. The molecule has 0 radical (unpaired) electrons. The summed E-state index contributed by atoms with van der Waals surface area (Å²) in [6, 6.07) is 0. The van der Waals surface area contributed by atoms with Crippen LogP contribution in [0.15, 0.2) is 22.3 Å². The Morgan fingerprint density at radius 3 is 2.03 bits per heavy atom. The molecule has 0 amide bonds. The zero-order valence-corrected chi connectivity index (χ0v) is 24.1. The van der Waals surface area contributed by atoms with E-state index in [-0.39, 0.29) is 5.41 Å². The van der Waals surface area contributed by atoms with E-state index in [1.807, 2.05) is 22.3 Å². The van der Waals surface area contributed by atoms with Crippen LogP contribution in [0.3, 0.4) is 0 Å². The Labute approximate surface area is 218 Å². The van der Waals surface area contributed by atoms with Crippen molar-refractivity contribution in [3.63, 3.8) is 0 Å². The second-order valence-electron chi connectivity index (χ2n) is 13.2. The van der Waals surface area contributed by atoms with Crippen molar-refractivity contribution in [3.8, 4) is 0 Å². The molecule has 1 nitrogen and oxygen atoms in total. The fourth-order valence-electron chi connectivity index (χ4n) is 8.84. The van der Waals surface area contributed by atoms with Crippen LogP contribution >= 0.6 is 0 Å². The molecule has 0 heterocycles. The molecule has 0 aliphatic heterocycles. The predicted molar refractivity (Wildman–Crippen MR) is 153 cm³/mol. The van der Waals surface area contributed by atoms with Gasteiger partial charge >= 0.3 is 0 Å². The number of nitrogens with one attached hydrogen (secondary N) is 1. The molecule has 35 heavy (non-hydrogen) atoms.